The van der Waals surface area contributed by atoms with E-state index in [2.05, 4.69) is 6.92 Å². The van der Waals surface area contributed by atoms with E-state index < -0.39 is 6.10 Å². The average molecular weight is 277 g/mol. The number of phenolic OH excluding ortho intramolecular Hbond substituents is 1. The smallest absolute Gasteiger partial charge is 0.268 e. The number of aromatic hydroxyl groups is 1. The summed E-state index contributed by atoms with van der Waals surface area (Å²) in [6.07, 6.45) is 4.70. The lowest BCUT2D eigenvalue weighted by molar-refractivity contribution is -0.126. The van der Waals surface area contributed by atoms with E-state index in [1.54, 1.807) is 18.2 Å². The Balaban J connectivity index is 2.17. The molecule has 1 aliphatic heterocycles. The molecule has 1 aromatic carbocycles. The third-order valence-electron chi connectivity index (χ3n) is 3.65. The fourth-order valence-electron chi connectivity index (χ4n) is 2.50. The Hall–Kier alpha value is -1.71. The van der Waals surface area contributed by atoms with Crippen LogP contribution in [0.3, 0.4) is 0 Å². The van der Waals surface area contributed by atoms with Crippen molar-refractivity contribution in [1.29, 1.82) is 0 Å². The van der Waals surface area contributed by atoms with Crippen molar-refractivity contribution < 1.29 is 14.6 Å². The van der Waals surface area contributed by atoms with Gasteiger partial charge in [-0.3, -0.25) is 4.79 Å². The lowest BCUT2D eigenvalue weighted by Gasteiger charge is -2.34. The second-order valence-electron chi connectivity index (χ2n) is 5.22. The maximum atomic E-state index is 12.4. The second kappa shape index (κ2) is 6.64. The number of ether oxygens (including phenoxy) is 1. The van der Waals surface area contributed by atoms with E-state index in [-0.39, 0.29) is 11.7 Å². The van der Waals surface area contributed by atoms with Crippen molar-refractivity contribution in [3.63, 3.8) is 0 Å². The quantitative estimate of drug-likeness (QED) is 0.810. The molecule has 4 nitrogen and oxygen atoms in total. The second-order valence-corrected chi connectivity index (χ2v) is 5.22. The minimum absolute atomic E-state index is 0.0298. The van der Waals surface area contributed by atoms with Crippen LogP contribution in [0.2, 0.25) is 0 Å². The number of benzene rings is 1. The van der Waals surface area contributed by atoms with E-state index in [1.807, 2.05) is 11.8 Å². The molecule has 110 valence electrons. The monoisotopic (exact) mass is 277 g/mol. The number of anilines is 1. The number of carbonyl (C=O) groups is 1. The highest BCUT2D eigenvalue weighted by Gasteiger charge is 2.32. The zero-order valence-electron chi connectivity index (χ0n) is 12.3. The molecule has 4 heteroatoms. The molecule has 1 amide bonds. The van der Waals surface area contributed by atoms with Crippen LogP contribution in [0, 0.1) is 0 Å². The van der Waals surface area contributed by atoms with Crippen LogP contribution in [-0.2, 0) is 4.79 Å². The summed E-state index contributed by atoms with van der Waals surface area (Å²) in [5, 5.41) is 9.56. The van der Waals surface area contributed by atoms with Gasteiger partial charge in [0.05, 0.1) is 5.69 Å². The molecule has 0 fully saturated rings. The van der Waals surface area contributed by atoms with Crippen LogP contribution >= 0.6 is 0 Å². The summed E-state index contributed by atoms with van der Waals surface area (Å²) in [4.78, 5) is 14.2. The predicted molar refractivity (Wildman–Crippen MR) is 79.3 cm³/mol. The van der Waals surface area contributed by atoms with Crippen LogP contribution in [0.15, 0.2) is 18.2 Å². The molecule has 0 saturated carbocycles. The number of carbonyl (C=O) groups excluding carboxylic acids is 1. The van der Waals surface area contributed by atoms with Gasteiger partial charge in [-0.1, -0.05) is 33.1 Å². The molecule has 0 aromatic heterocycles. The molecule has 0 bridgehead atoms. The number of nitrogens with zero attached hydrogens (tertiary/aromatic N) is 1. The number of hydrogen-bond donors (Lipinski definition) is 1. The number of unbranched alkanes of at least 4 members (excludes halogenated alkanes) is 3. The molecule has 1 aliphatic rings. The normalized spacial score (nSPS) is 17.8. The first-order chi connectivity index (χ1) is 9.67. The van der Waals surface area contributed by atoms with Gasteiger partial charge in [0.1, 0.15) is 11.5 Å². The van der Waals surface area contributed by atoms with Crippen LogP contribution in [-0.4, -0.2) is 23.7 Å². The Kier molecular flexibility index (Phi) is 4.88. The van der Waals surface area contributed by atoms with Crippen molar-refractivity contribution >= 4 is 11.6 Å². The molecule has 20 heavy (non-hydrogen) atoms. The molecule has 0 radical (unpaired) electrons. The molecular formula is C16H23NO3. The van der Waals surface area contributed by atoms with Crippen LogP contribution in [0.5, 0.6) is 11.5 Å². The number of hydrogen-bond acceptors (Lipinski definition) is 3. The first kappa shape index (κ1) is 14.7. The standard InChI is InChI=1S/C16H23NO3/c1-3-5-6-7-10-17-13-9-8-12(18)11-15(13)20-14(4-2)16(17)19/h8-9,11,14,18H,3-7,10H2,1-2H3. The molecule has 0 saturated heterocycles. The molecule has 0 aliphatic carbocycles. The van der Waals surface area contributed by atoms with Gasteiger partial charge in [-0.05, 0) is 25.0 Å². The van der Waals surface area contributed by atoms with Crippen LogP contribution in [0.1, 0.15) is 46.0 Å². The Bertz CT molecular complexity index is 473. The fourth-order valence-corrected chi connectivity index (χ4v) is 2.50. The van der Waals surface area contributed by atoms with Gasteiger partial charge in [0.2, 0.25) is 0 Å². The summed E-state index contributed by atoms with van der Waals surface area (Å²) in [6, 6.07) is 4.94. The van der Waals surface area contributed by atoms with Gasteiger partial charge < -0.3 is 14.7 Å². The average Bonchev–Trinajstić information content (AvgIpc) is 2.45. The minimum atomic E-state index is -0.435. The van der Waals surface area contributed by atoms with Crippen molar-refractivity contribution in [3.8, 4) is 11.5 Å². The maximum Gasteiger partial charge on any atom is 0.268 e. The van der Waals surface area contributed by atoms with Crippen LogP contribution in [0.25, 0.3) is 0 Å². The summed E-state index contributed by atoms with van der Waals surface area (Å²) in [7, 11) is 0. The van der Waals surface area contributed by atoms with Gasteiger partial charge in [-0.25, -0.2) is 0 Å². The third-order valence-corrected chi connectivity index (χ3v) is 3.65. The summed E-state index contributed by atoms with van der Waals surface area (Å²) in [6.45, 7) is 4.83. The van der Waals surface area contributed by atoms with Gasteiger partial charge in [-0.2, -0.15) is 0 Å². The van der Waals surface area contributed by atoms with Crippen molar-refractivity contribution in [2.45, 2.75) is 52.1 Å². The molecule has 1 unspecified atom stereocenters. The SMILES string of the molecule is CCCCCCN1C(=O)C(CC)Oc2cc(O)ccc21. The number of phenols is 1. The molecule has 1 N–H and O–H groups in total. The first-order valence-corrected chi connectivity index (χ1v) is 7.48. The molecule has 1 atom stereocenters. The topological polar surface area (TPSA) is 49.8 Å². The zero-order valence-corrected chi connectivity index (χ0v) is 12.3. The van der Waals surface area contributed by atoms with Gasteiger partial charge in [0, 0.05) is 12.6 Å². The van der Waals surface area contributed by atoms with Gasteiger partial charge in [0.25, 0.3) is 5.91 Å². The minimum Gasteiger partial charge on any atom is -0.508 e. The maximum absolute atomic E-state index is 12.4. The fraction of sp³-hybridized carbons (Fsp3) is 0.562. The van der Waals surface area contributed by atoms with Gasteiger partial charge in [0.15, 0.2) is 6.10 Å². The third kappa shape index (κ3) is 3.06. The Labute approximate surface area is 120 Å². The first-order valence-electron chi connectivity index (χ1n) is 7.48. The number of rotatable bonds is 6. The van der Waals surface area contributed by atoms with Gasteiger partial charge >= 0.3 is 0 Å². The number of amides is 1. The van der Waals surface area contributed by atoms with E-state index >= 15 is 0 Å². The highest BCUT2D eigenvalue weighted by Crippen LogP contribution is 2.37. The lowest BCUT2D eigenvalue weighted by Crippen LogP contribution is -2.46. The Morgan fingerprint density at radius 2 is 2.05 bits per heavy atom. The molecule has 1 heterocycles. The highest BCUT2D eigenvalue weighted by atomic mass is 16.5. The van der Waals surface area contributed by atoms with Crippen molar-refractivity contribution in [3.05, 3.63) is 18.2 Å². The predicted octanol–water partition coefficient (Wildman–Crippen LogP) is 3.48. The van der Waals surface area contributed by atoms with Crippen LogP contribution in [0.4, 0.5) is 5.69 Å². The van der Waals surface area contributed by atoms with E-state index in [4.69, 9.17) is 4.74 Å². The Morgan fingerprint density at radius 1 is 1.25 bits per heavy atom. The van der Waals surface area contributed by atoms with Crippen molar-refractivity contribution in [1.82, 2.24) is 0 Å². The van der Waals surface area contributed by atoms with Crippen molar-refractivity contribution in [2.24, 2.45) is 0 Å². The summed E-state index contributed by atoms with van der Waals surface area (Å²) in [5.41, 5.74) is 0.772. The van der Waals surface area contributed by atoms with E-state index in [1.165, 1.54) is 12.8 Å². The van der Waals surface area contributed by atoms with Crippen LogP contribution < -0.4 is 9.64 Å². The van der Waals surface area contributed by atoms with E-state index in [9.17, 15) is 9.90 Å². The Morgan fingerprint density at radius 3 is 2.75 bits per heavy atom. The van der Waals surface area contributed by atoms with E-state index in [0.29, 0.717) is 12.2 Å². The zero-order chi connectivity index (χ0) is 14.5. The van der Waals surface area contributed by atoms with Crippen molar-refractivity contribution in [2.75, 3.05) is 11.4 Å². The summed E-state index contributed by atoms with van der Waals surface area (Å²) in [5.74, 6) is 0.799. The molecule has 2 rings (SSSR count). The summed E-state index contributed by atoms with van der Waals surface area (Å²) >= 11 is 0. The number of fused-ring (bicyclic) bond motifs is 1. The lowest BCUT2D eigenvalue weighted by atomic mass is 10.1. The highest BCUT2D eigenvalue weighted by molar-refractivity contribution is 6.00. The summed E-state index contributed by atoms with van der Waals surface area (Å²) < 4.78 is 5.68. The molecule has 1 aromatic rings. The molecule has 0 spiro atoms. The largest absolute Gasteiger partial charge is 0.508 e. The van der Waals surface area contributed by atoms with E-state index in [0.717, 1.165) is 25.1 Å². The van der Waals surface area contributed by atoms with Gasteiger partial charge in [-0.15, -0.1) is 0 Å². The molecular weight excluding hydrogens is 254 g/mol.